The van der Waals surface area contributed by atoms with Crippen LogP contribution >= 0.6 is 11.8 Å². The summed E-state index contributed by atoms with van der Waals surface area (Å²) in [6.07, 6.45) is 2.92. The molecule has 84 valence electrons. The number of nitrogens with one attached hydrogen (secondary N) is 1. The smallest absolute Gasteiger partial charge is 0.0818 e. The SMILES string of the molecule is CCC(C)CC(NC)C1CSCCO1. The molecule has 1 N–H and O–H groups in total. The van der Waals surface area contributed by atoms with E-state index in [9.17, 15) is 0 Å². The summed E-state index contributed by atoms with van der Waals surface area (Å²) in [5.41, 5.74) is 0. The molecule has 0 spiro atoms. The van der Waals surface area contributed by atoms with E-state index in [-0.39, 0.29) is 0 Å². The summed E-state index contributed by atoms with van der Waals surface area (Å²) in [5, 5.41) is 3.40. The van der Waals surface area contributed by atoms with Crippen LogP contribution in [0.3, 0.4) is 0 Å². The lowest BCUT2D eigenvalue weighted by Gasteiger charge is -2.31. The molecule has 1 heterocycles. The summed E-state index contributed by atoms with van der Waals surface area (Å²) >= 11 is 2.02. The first-order valence-corrected chi connectivity index (χ1v) is 6.80. The minimum absolute atomic E-state index is 0.424. The van der Waals surface area contributed by atoms with Crippen LogP contribution in [0.25, 0.3) is 0 Å². The Bertz CT molecular complexity index is 148. The lowest BCUT2D eigenvalue weighted by molar-refractivity contribution is 0.0428. The van der Waals surface area contributed by atoms with E-state index < -0.39 is 0 Å². The normalized spacial score (nSPS) is 27.2. The molecule has 0 saturated carbocycles. The van der Waals surface area contributed by atoms with Crippen LogP contribution in [0, 0.1) is 5.92 Å². The molecule has 0 bridgehead atoms. The summed E-state index contributed by atoms with van der Waals surface area (Å²) in [4.78, 5) is 0. The van der Waals surface area contributed by atoms with Gasteiger partial charge in [0.1, 0.15) is 0 Å². The van der Waals surface area contributed by atoms with Crippen molar-refractivity contribution in [2.75, 3.05) is 25.2 Å². The van der Waals surface area contributed by atoms with Crippen LogP contribution in [-0.4, -0.2) is 37.3 Å². The number of ether oxygens (including phenoxy) is 1. The Balaban J connectivity index is 2.35. The molecule has 1 saturated heterocycles. The minimum Gasteiger partial charge on any atom is -0.375 e. The molecule has 2 nitrogen and oxygen atoms in total. The predicted octanol–water partition coefficient (Wildman–Crippen LogP) is 2.14. The van der Waals surface area contributed by atoms with Crippen LogP contribution in [-0.2, 0) is 4.74 Å². The van der Waals surface area contributed by atoms with Gasteiger partial charge in [-0.15, -0.1) is 0 Å². The average Bonchev–Trinajstić information content (AvgIpc) is 2.26. The van der Waals surface area contributed by atoms with Gasteiger partial charge in [-0.1, -0.05) is 20.3 Å². The Hall–Kier alpha value is 0.270. The first-order chi connectivity index (χ1) is 6.77. The summed E-state index contributed by atoms with van der Waals surface area (Å²) < 4.78 is 5.79. The highest BCUT2D eigenvalue weighted by atomic mass is 32.2. The molecule has 1 fully saturated rings. The van der Waals surface area contributed by atoms with Gasteiger partial charge in [0.25, 0.3) is 0 Å². The van der Waals surface area contributed by atoms with Gasteiger partial charge in [-0.2, -0.15) is 11.8 Å². The van der Waals surface area contributed by atoms with E-state index in [1.807, 2.05) is 11.8 Å². The van der Waals surface area contributed by atoms with Gasteiger partial charge in [-0.05, 0) is 19.4 Å². The van der Waals surface area contributed by atoms with E-state index in [0.717, 1.165) is 24.0 Å². The zero-order valence-electron chi connectivity index (χ0n) is 9.58. The Morgan fingerprint density at radius 1 is 1.57 bits per heavy atom. The topological polar surface area (TPSA) is 21.3 Å². The number of hydrogen-bond donors (Lipinski definition) is 1. The summed E-state index contributed by atoms with van der Waals surface area (Å²) in [6, 6.07) is 0.540. The predicted molar refractivity (Wildman–Crippen MR) is 64.0 cm³/mol. The zero-order chi connectivity index (χ0) is 10.4. The molecule has 0 amide bonds. The molecule has 3 atom stereocenters. The van der Waals surface area contributed by atoms with Gasteiger partial charge >= 0.3 is 0 Å². The van der Waals surface area contributed by atoms with Crippen molar-refractivity contribution < 1.29 is 4.74 Å². The fraction of sp³-hybridized carbons (Fsp3) is 1.00. The van der Waals surface area contributed by atoms with Crippen molar-refractivity contribution in [1.82, 2.24) is 5.32 Å². The largest absolute Gasteiger partial charge is 0.375 e. The van der Waals surface area contributed by atoms with Gasteiger partial charge in [0.05, 0.1) is 12.7 Å². The van der Waals surface area contributed by atoms with Crippen LogP contribution < -0.4 is 5.32 Å². The highest BCUT2D eigenvalue weighted by Crippen LogP contribution is 2.20. The number of hydrogen-bond acceptors (Lipinski definition) is 3. The molecule has 0 aliphatic carbocycles. The van der Waals surface area contributed by atoms with Crippen LogP contribution in [0.1, 0.15) is 26.7 Å². The van der Waals surface area contributed by atoms with Crippen LogP contribution in [0.4, 0.5) is 0 Å². The summed E-state index contributed by atoms with van der Waals surface area (Å²) in [7, 11) is 2.05. The van der Waals surface area contributed by atoms with E-state index >= 15 is 0 Å². The van der Waals surface area contributed by atoms with Crippen LogP contribution in [0.2, 0.25) is 0 Å². The third-order valence-corrected chi connectivity index (χ3v) is 4.03. The summed E-state index contributed by atoms with van der Waals surface area (Å²) in [6.45, 7) is 5.50. The minimum atomic E-state index is 0.424. The first-order valence-electron chi connectivity index (χ1n) is 5.64. The van der Waals surface area contributed by atoms with Crippen molar-refractivity contribution in [3.8, 4) is 0 Å². The monoisotopic (exact) mass is 217 g/mol. The van der Waals surface area contributed by atoms with E-state index in [2.05, 4.69) is 26.2 Å². The second kappa shape index (κ2) is 6.70. The Labute approximate surface area is 92.2 Å². The standard InChI is InChI=1S/C11H23NOS/c1-4-9(2)7-10(12-3)11-8-14-6-5-13-11/h9-12H,4-8H2,1-3H3. The second-order valence-electron chi connectivity index (χ2n) is 4.13. The van der Waals surface area contributed by atoms with Gasteiger partial charge in [0.2, 0.25) is 0 Å². The van der Waals surface area contributed by atoms with Gasteiger partial charge in [-0.25, -0.2) is 0 Å². The molecule has 0 aromatic carbocycles. The molecule has 1 aliphatic rings. The highest BCUT2D eigenvalue weighted by Gasteiger charge is 2.24. The molecule has 0 radical (unpaired) electrons. The Morgan fingerprint density at radius 2 is 2.36 bits per heavy atom. The van der Waals surface area contributed by atoms with Crippen LogP contribution in [0.5, 0.6) is 0 Å². The zero-order valence-corrected chi connectivity index (χ0v) is 10.4. The molecule has 3 heteroatoms. The lowest BCUT2D eigenvalue weighted by Crippen LogP contribution is -2.44. The Kier molecular flexibility index (Phi) is 5.90. The maximum Gasteiger partial charge on any atom is 0.0818 e. The molecular weight excluding hydrogens is 194 g/mol. The fourth-order valence-electron chi connectivity index (χ4n) is 1.79. The number of thioether (sulfide) groups is 1. The fourth-order valence-corrected chi connectivity index (χ4v) is 2.74. The molecule has 1 rings (SSSR count). The third-order valence-electron chi connectivity index (χ3n) is 3.01. The van der Waals surface area contributed by atoms with Gasteiger partial charge in [0.15, 0.2) is 0 Å². The lowest BCUT2D eigenvalue weighted by atomic mass is 9.96. The quantitative estimate of drug-likeness (QED) is 0.762. The average molecular weight is 217 g/mol. The second-order valence-corrected chi connectivity index (χ2v) is 5.28. The molecule has 0 aromatic rings. The van der Waals surface area contributed by atoms with Gasteiger partial charge < -0.3 is 10.1 Å². The van der Waals surface area contributed by atoms with Crippen molar-refractivity contribution in [3.63, 3.8) is 0 Å². The van der Waals surface area contributed by atoms with Gasteiger partial charge in [0, 0.05) is 17.5 Å². The van der Waals surface area contributed by atoms with Crippen molar-refractivity contribution in [3.05, 3.63) is 0 Å². The van der Waals surface area contributed by atoms with Crippen molar-refractivity contribution in [2.24, 2.45) is 5.92 Å². The maximum atomic E-state index is 5.79. The van der Waals surface area contributed by atoms with Gasteiger partial charge in [-0.3, -0.25) is 0 Å². The number of rotatable bonds is 5. The summed E-state index contributed by atoms with van der Waals surface area (Å²) in [5.74, 6) is 3.11. The van der Waals surface area contributed by atoms with Crippen LogP contribution in [0.15, 0.2) is 0 Å². The Morgan fingerprint density at radius 3 is 2.86 bits per heavy atom. The maximum absolute atomic E-state index is 5.79. The highest BCUT2D eigenvalue weighted by molar-refractivity contribution is 7.99. The van der Waals surface area contributed by atoms with E-state index in [1.54, 1.807) is 0 Å². The van der Waals surface area contributed by atoms with Crippen molar-refractivity contribution >= 4 is 11.8 Å². The molecule has 1 aliphatic heterocycles. The van der Waals surface area contributed by atoms with Crippen molar-refractivity contribution in [2.45, 2.75) is 38.8 Å². The third kappa shape index (κ3) is 3.79. The molecular formula is C11H23NOS. The number of likely N-dealkylation sites (N-methyl/N-ethyl adjacent to an activating group) is 1. The van der Waals surface area contributed by atoms with Crippen molar-refractivity contribution in [1.29, 1.82) is 0 Å². The van der Waals surface area contributed by atoms with E-state index in [0.29, 0.717) is 12.1 Å². The van der Waals surface area contributed by atoms with E-state index in [4.69, 9.17) is 4.74 Å². The molecule has 3 unspecified atom stereocenters. The molecule has 0 aromatic heterocycles. The van der Waals surface area contributed by atoms with E-state index in [1.165, 1.54) is 12.8 Å². The first kappa shape index (κ1) is 12.3. The molecule has 14 heavy (non-hydrogen) atoms.